The molecule has 0 aliphatic carbocycles. The normalized spacial score (nSPS) is 15.4. The van der Waals surface area contributed by atoms with Gasteiger partial charge in [-0.1, -0.05) is 48.5 Å². The first-order valence-electron chi connectivity index (χ1n) is 6.96. The topological polar surface area (TPSA) is 32.3 Å². The number of nitrogens with zero attached hydrogens (tertiary/aromatic N) is 1. The van der Waals surface area contributed by atoms with E-state index in [1.54, 1.807) is 0 Å². The van der Waals surface area contributed by atoms with Gasteiger partial charge in [-0.25, -0.2) is 0 Å². The molecule has 1 N–H and O–H groups in total. The molecule has 1 aliphatic rings. The Kier molecular flexibility index (Phi) is 3.79. The summed E-state index contributed by atoms with van der Waals surface area (Å²) in [6.07, 6.45) is 0. The van der Waals surface area contributed by atoms with Crippen LogP contribution in [0.5, 0.6) is 0 Å². The van der Waals surface area contributed by atoms with Crippen molar-refractivity contribution in [1.29, 1.82) is 0 Å². The molecule has 102 valence electrons. The van der Waals surface area contributed by atoms with Crippen molar-refractivity contribution in [2.24, 2.45) is 0 Å². The molecule has 3 nitrogen and oxygen atoms in total. The average Bonchev–Trinajstić information content (AvgIpc) is 2.49. The third-order valence-electron chi connectivity index (χ3n) is 3.63. The maximum absolute atomic E-state index is 12.7. The highest BCUT2D eigenvalue weighted by Crippen LogP contribution is 2.15. The van der Waals surface area contributed by atoms with Crippen LogP contribution < -0.4 is 5.32 Å². The van der Waals surface area contributed by atoms with Gasteiger partial charge in [0.1, 0.15) is 0 Å². The Hall–Kier alpha value is -2.13. The van der Waals surface area contributed by atoms with Crippen molar-refractivity contribution in [3.63, 3.8) is 0 Å². The fraction of sp³-hybridized carbons (Fsp3) is 0.235. The van der Waals surface area contributed by atoms with Crippen LogP contribution in [0.1, 0.15) is 21.5 Å². The lowest BCUT2D eigenvalue weighted by molar-refractivity contribution is 0.0738. The summed E-state index contributed by atoms with van der Waals surface area (Å²) in [6.45, 7) is 2.99. The highest BCUT2D eigenvalue weighted by atomic mass is 16.2. The zero-order valence-corrected chi connectivity index (χ0v) is 11.4. The largest absolute Gasteiger partial charge is 0.333 e. The predicted molar refractivity (Wildman–Crippen MR) is 79.3 cm³/mol. The number of benzene rings is 2. The molecule has 1 amide bonds. The summed E-state index contributed by atoms with van der Waals surface area (Å²) < 4.78 is 0. The Morgan fingerprint density at radius 2 is 1.75 bits per heavy atom. The Labute approximate surface area is 119 Å². The Morgan fingerprint density at radius 3 is 2.60 bits per heavy atom. The lowest BCUT2D eigenvalue weighted by Crippen LogP contribution is -2.39. The molecule has 3 heteroatoms. The minimum atomic E-state index is 0.131. The number of fused-ring (bicyclic) bond motifs is 1. The Bertz CT molecular complexity index is 595. The van der Waals surface area contributed by atoms with Crippen LogP contribution in [0.25, 0.3) is 0 Å². The summed E-state index contributed by atoms with van der Waals surface area (Å²) in [5, 5.41) is 3.39. The minimum absolute atomic E-state index is 0.131. The van der Waals surface area contributed by atoms with Gasteiger partial charge in [0.2, 0.25) is 0 Å². The van der Waals surface area contributed by atoms with Crippen molar-refractivity contribution in [3.05, 3.63) is 71.3 Å². The maximum Gasteiger partial charge on any atom is 0.254 e. The molecule has 2 aromatic rings. The third-order valence-corrected chi connectivity index (χ3v) is 3.63. The molecule has 20 heavy (non-hydrogen) atoms. The smallest absolute Gasteiger partial charge is 0.254 e. The monoisotopic (exact) mass is 266 g/mol. The van der Waals surface area contributed by atoms with Gasteiger partial charge in [0, 0.05) is 31.7 Å². The highest BCUT2D eigenvalue weighted by molar-refractivity contribution is 5.95. The number of carbonyl (C=O) groups excluding carboxylic acids is 1. The second kappa shape index (κ2) is 5.88. The molecule has 0 spiro atoms. The van der Waals surface area contributed by atoms with Crippen molar-refractivity contribution in [1.82, 2.24) is 10.2 Å². The lowest BCUT2D eigenvalue weighted by atomic mass is 10.0. The van der Waals surface area contributed by atoms with Crippen LogP contribution in [0.15, 0.2) is 54.6 Å². The molecular weight excluding hydrogens is 248 g/mol. The van der Waals surface area contributed by atoms with E-state index in [9.17, 15) is 4.79 Å². The van der Waals surface area contributed by atoms with Crippen molar-refractivity contribution in [2.45, 2.75) is 13.1 Å². The van der Waals surface area contributed by atoms with E-state index in [0.717, 1.165) is 30.8 Å². The Morgan fingerprint density at radius 1 is 1.00 bits per heavy atom. The van der Waals surface area contributed by atoms with Crippen LogP contribution in [-0.4, -0.2) is 23.9 Å². The maximum atomic E-state index is 12.7. The van der Waals surface area contributed by atoms with Crippen molar-refractivity contribution < 1.29 is 4.79 Å². The quantitative estimate of drug-likeness (QED) is 0.905. The van der Waals surface area contributed by atoms with Crippen LogP contribution in [0.2, 0.25) is 0 Å². The van der Waals surface area contributed by atoms with Gasteiger partial charge >= 0.3 is 0 Å². The third kappa shape index (κ3) is 2.73. The van der Waals surface area contributed by atoms with Crippen LogP contribution in [0, 0.1) is 0 Å². The van der Waals surface area contributed by atoms with Crippen LogP contribution >= 0.6 is 0 Å². The number of hydrogen-bond donors (Lipinski definition) is 1. The zero-order chi connectivity index (χ0) is 13.8. The van der Waals surface area contributed by atoms with Gasteiger partial charge in [-0.3, -0.25) is 4.79 Å². The first kappa shape index (κ1) is 12.9. The molecular formula is C17H18N2O. The SMILES string of the molecule is O=C1c2ccccc2CNCCN1Cc1ccccc1. The van der Waals surface area contributed by atoms with E-state index in [-0.39, 0.29) is 5.91 Å². The summed E-state index contributed by atoms with van der Waals surface area (Å²) in [5.41, 5.74) is 3.06. The summed E-state index contributed by atoms with van der Waals surface area (Å²) in [4.78, 5) is 14.6. The Balaban J connectivity index is 1.87. The van der Waals surface area contributed by atoms with Crippen molar-refractivity contribution in [3.8, 4) is 0 Å². The van der Waals surface area contributed by atoms with E-state index in [4.69, 9.17) is 0 Å². The van der Waals surface area contributed by atoms with Gasteiger partial charge in [-0.05, 0) is 17.2 Å². The van der Waals surface area contributed by atoms with E-state index < -0.39 is 0 Å². The van der Waals surface area contributed by atoms with Gasteiger partial charge in [-0.2, -0.15) is 0 Å². The van der Waals surface area contributed by atoms with Crippen molar-refractivity contribution >= 4 is 5.91 Å². The van der Waals surface area contributed by atoms with Gasteiger partial charge in [0.15, 0.2) is 0 Å². The van der Waals surface area contributed by atoms with Crippen LogP contribution in [0.3, 0.4) is 0 Å². The molecule has 0 saturated heterocycles. The highest BCUT2D eigenvalue weighted by Gasteiger charge is 2.20. The van der Waals surface area contributed by atoms with E-state index in [1.165, 1.54) is 5.56 Å². The van der Waals surface area contributed by atoms with Gasteiger partial charge in [0.25, 0.3) is 5.91 Å². The lowest BCUT2D eigenvalue weighted by Gasteiger charge is -2.26. The molecule has 1 aliphatic heterocycles. The van der Waals surface area contributed by atoms with Crippen molar-refractivity contribution in [2.75, 3.05) is 13.1 Å². The molecule has 3 rings (SSSR count). The first-order chi connectivity index (χ1) is 9.84. The molecule has 0 radical (unpaired) electrons. The predicted octanol–water partition coefficient (Wildman–Crippen LogP) is 2.43. The van der Waals surface area contributed by atoms with Gasteiger partial charge in [-0.15, -0.1) is 0 Å². The molecule has 0 aromatic heterocycles. The summed E-state index contributed by atoms with van der Waals surface area (Å²) >= 11 is 0. The summed E-state index contributed by atoms with van der Waals surface area (Å²) in [5.74, 6) is 0.131. The van der Waals surface area contributed by atoms with Gasteiger partial charge in [0.05, 0.1) is 0 Å². The molecule has 0 atom stereocenters. The molecule has 0 fully saturated rings. The summed E-state index contributed by atoms with van der Waals surface area (Å²) in [6, 6.07) is 18.0. The fourth-order valence-corrected chi connectivity index (χ4v) is 2.55. The fourth-order valence-electron chi connectivity index (χ4n) is 2.55. The number of rotatable bonds is 2. The number of carbonyl (C=O) groups is 1. The van der Waals surface area contributed by atoms with Gasteiger partial charge < -0.3 is 10.2 Å². The average molecular weight is 266 g/mol. The first-order valence-corrected chi connectivity index (χ1v) is 6.96. The molecule has 2 aromatic carbocycles. The summed E-state index contributed by atoms with van der Waals surface area (Å²) in [7, 11) is 0. The van der Waals surface area contributed by atoms with Crippen LogP contribution in [-0.2, 0) is 13.1 Å². The van der Waals surface area contributed by atoms with E-state index in [0.29, 0.717) is 6.54 Å². The molecule has 1 heterocycles. The van der Waals surface area contributed by atoms with Crippen LogP contribution in [0.4, 0.5) is 0 Å². The van der Waals surface area contributed by atoms with E-state index in [2.05, 4.69) is 17.4 Å². The zero-order valence-electron chi connectivity index (χ0n) is 11.4. The number of nitrogens with one attached hydrogen (secondary N) is 1. The number of hydrogen-bond acceptors (Lipinski definition) is 2. The van der Waals surface area contributed by atoms with E-state index >= 15 is 0 Å². The van der Waals surface area contributed by atoms with E-state index in [1.807, 2.05) is 47.4 Å². The second-order valence-electron chi connectivity index (χ2n) is 5.05. The second-order valence-corrected chi connectivity index (χ2v) is 5.05. The number of amides is 1. The molecule has 0 unspecified atom stereocenters. The standard InChI is InChI=1S/C17H18N2O/c20-17-16-9-5-4-8-15(16)12-18-10-11-19(17)13-14-6-2-1-3-7-14/h1-9,18H,10-13H2. The minimum Gasteiger partial charge on any atom is -0.333 e. The molecule has 0 saturated carbocycles. The molecule has 0 bridgehead atoms.